The van der Waals surface area contributed by atoms with Crippen molar-refractivity contribution in [2.75, 3.05) is 0 Å². The molecule has 4 heteroatoms. The summed E-state index contributed by atoms with van der Waals surface area (Å²) in [5.41, 5.74) is 2.24. The maximum atomic E-state index is 5.74. The number of aryl methyl sites for hydroxylation is 2. The molecule has 0 spiro atoms. The molecular weight excluding hydrogens is 264 g/mol. The zero-order chi connectivity index (χ0) is 15.5. The topological polar surface area (TPSA) is 47.3 Å². The summed E-state index contributed by atoms with van der Waals surface area (Å²) >= 11 is 0. The second kappa shape index (κ2) is 6.31. The number of pyridine rings is 1. The third kappa shape index (κ3) is 4.90. The molecule has 2 aromatic rings. The fraction of sp³-hybridized carbons (Fsp3) is 0.471. The Morgan fingerprint density at radius 2 is 2.00 bits per heavy atom. The number of ether oxygens (including phenoxy) is 1. The van der Waals surface area contributed by atoms with Gasteiger partial charge in [0.2, 0.25) is 0 Å². The van der Waals surface area contributed by atoms with Crippen LogP contribution in [0.1, 0.15) is 43.5 Å². The maximum Gasteiger partial charge on any atom is 0.146 e. The Morgan fingerprint density at radius 3 is 2.62 bits per heavy atom. The summed E-state index contributed by atoms with van der Waals surface area (Å²) in [4.78, 5) is 4.21. The van der Waals surface area contributed by atoms with Crippen LogP contribution in [0.3, 0.4) is 0 Å². The highest BCUT2D eigenvalue weighted by molar-refractivity contribution is 5.22. The Hall–Kier alpha value is -1.81. The van der Waals surface area contributed by atoms with Crippen molar-refractivity contribution in [2.24, 2.45) is 0 Å². The number of hydrogen-bond acceptors (Lipinski definition) is 4. The molecule has 0 amide bonds. The number of aromatic nitrogens is 1. The smallest absolute Gasteiger partial charge is 0.146 e. The van der Waals surface area contributed by atoms with Crippen LogP contribution < -0.4 is 10.1 Å². The third-order valence-electron chi connectivity index (χ3n) is 3.15. The lowest BCUT2D eigenvalue weighted by atomic mass is 10.1. The van der Waals surface area contributed by atoms with Crippen LogP contribution in [0.2, 0.25) is 0 Å². The summed E-state index contributed by atoms with van der Waals surface area (Å²) in [6, 6.07) is 5.90. The van der Waals surface area contributed by atoms with Crippen LogP contribution in [0.15, 0.2) is 28.8 Å². The highest BCUT2D eigenvalue weighted by atomic mass is 16.5. The van der Waals surface area contributed by atoms with E-state index in [1.165, 1.54) is 5.56 Å². The lowest BCUT2D eigenvalue weighted by Crippen LogP contribution is -2.35. The highest BCUT2D eigenvalue weighted by Crippen LogP contribution is 2.18. The molecule has 2 rings (SSSR count). The molecule has 114 valence electrons. The lowest BCUT2D eigenvalue weighted by Gasteiger charge is -2.20. The van der Waals surface area contributed by atoms with E-state index in [1.54, 1.807) is 6.20 Å². The van der Waals surface area contributed by atoms with Crippen molar-refractivity contribution in [1.82, 2.24) is 10.3 Å². The van der Waals surface area contributed by atoms with Gasteiger partial charge in [0.05, 0.1) is 6.20 Å². The quantitative estimate of drug-likeness (QED) is 0.910. The van der Waals surface area contributed by atoms with Crippen LogP contribution in [-0.4, -0.2) is 10.5 Å². The normalized spacial score (nSPS) is 11.7. The third-order valence-corrected chi connectivity index (χ3v) is 3.15. The average Bonchev–Trinajstić information content (AvgIpc) is 2.76. The highest BCUT2D eigenvalue weighted by Gasteiger charge is 2.12. The molecule has 0 fully saturated rings. The minimum Gasteiger partial charge on any atom is -0.484 e. The van der Waals surface area contributed by atoms with E-state index in [0.29, 0.717) is 6.61 Å². The van der Waals surface area contributed by atoms with E-state index in [0.717, 1.165) is 29.5 Å². The van der Waals surface area contributed by atoms with Crippen LogP contribution in [0.5, 0.6) is 5.75 Å². The SMILES string of the molecule is Cc1ccc(OCc2cc(CNC(C)(C)C)c(C)o2)cn1. The van der Waals surface area contributed by atoms with Gasteiger partial charge in [0, 0.05) is 23.3 Å². The summed E-state index contributed by atoms with van der Waals surface area (Å²) in [6.07, 6.45) is 1.73. The van der Waals surface area contributed by atoms with Crippen molar-refractivity contribution in [3.05, 3.63) is 47.2 Å². The minimum atomic E-state index is 0.0912. The first-order valence-electron chi connectivity index (χ1n) is 7.22. The van der Waals surface area contributed by atoms with E-state index in [1.807, 2.05) is 26.0 Å². The van der Waals surface area contributed by atoms with Gasteiger partial charge in [-0.1, -0.05) is 0 Å². The van der Waals surface area contributed by atoms with Crippen molar-refractivity contribution in [3.63, 3.8) is 0 Å². The van der Waals surface area contributed by atoms with Crippen LogP contribution >= 0.6 is 0 Å². The number of hydrogen-bond donors (Lipinski definition) is 1. The van der Waals surface area contributed by atoms with Gasteiger partial charge in [0.15, 0.2) is 0 Å². The van der Waals surface area contributed by atoms with E-state index < -0.39 is 0 Å². The molecule has 0 saturated carbocycles. The van der Waals surface area contributed by atoms with Gasteiger partial charge in [-0.25, -0.2) is 0 Å². The number of rotatable bonds is 5. The molecule has 0 aliphatic carbocycles. The molecule has 0 aliphatic rings. The standard InChI is InChI=1S/C17H24N2O2/c1-12-6-7-15(10-18-12)20-11-16-8-14(13(2)21-16)9-19-17(3,4)5/h6-8,10,19H,9,11H2,1-5H3. The van der Waals surface area contributed by atoms with E-state index in [-0.39, 0.29) is 5.54 Å². The molecule has 21 heavy (non-hydrogen) atoms. The van der Waals surface area contributed by atoms with Crippen molar-refractivity contribution in [2.45, 2.75) is 53.3 Å². The van der Waals surface area contributed by atoms with Crippen molar-refractivity contribution in [1.29, 1.82) is 0 Å². The molecule has 0 saturated heterocycles. The van der Waals surface area contributed by atoms with Crippen molar-refractivity contribution >= 4 is 0 Å². The summed E-state index contributed by atoms with van der Waals surface area (Å²) in [6.45, 7) is 11.6. The molecule has 0 bridgehead atoms. The van der Waals surface area contributed by atoms with Crippen LogP contribution in [0.4, 0.5) is 0 Å². The van der Waals surface area contributed by atoms with Crippen LogP contribution in [0.25, 0.3) is 0 Å². The zero-order valence-corrected chi connectivity index (χ0v) is 13.5. The van der Waals surface area contributed by atoms with Gasteiger partial charge in [-0.05, 0) is 52.8 Å². The molecule has 2 heterocycles. The second-order valence-electron chi connectivity index (χ2n) is 6.32. The number of nitrogens with one attached hydrogen (secondary N) is 1. The second-order valence-corrected chi connectivity index (χ2v) is 6.32. The van der Waals surface area contributed by atoms with Gasteiger partial charge >= 0.3 is 0 Å². The maximum absolute atomic E-state index is 5.74. The molecule has 0 unspecified atom stereocenters. The predicted molar refractivity (Wildman–Crippen MR) is 83.3 cm³/mol. The fourth-order valence-electron chi connectivity index (χ4n) is 1.89. The van der Waals surface area contributed by atoms with Gasteiger partial charge in [-0.3, -0.25) is 4.98 Å². The zero-order valence-electron chi connectivity index (χ0n) is 13.5. The fourth-order valence-corrected chi connectivity index (χ4v) is 1.89. The van der Waals surface area contributed by atoms with Gasteiger partial charge in [-0.15, -0.1) is 0 Å². The van der Waals surface area contributed by atoms with E-state index in [9.17, 15) is 0 Å². The Kier molecular flexibility index (Phi) is 4.68. The Balaban J connectivity index is 1.94. The molecule has 1 N–H and O–H groups in total. The lowest BCUT2D eigenvalue weighted by molar-refractivity contribution is 0.266. The Morgan fingerprint density at radius 1 is 1.24 bits per heavy atom. The summed E-state index contributed by atoms with van der Waals surface area (Å²) in [7, 11) is 0. The van der Waals surface area contributed by atoms with Gasteiger partial charge < -0.3 is 14.5 Å². The van der Waals surface area contributed by atoms with E-state index in [4.69, 9.17) is 9.15 Å². The van der Waals surface area contributed by atoms with Crippen molar-refractivity contribution < 1.29 is 9.15 Å². The van der Waals surface area contributed by atoms with Gasteiger partial charge in [-0.2, -0.15) is 0 Å². The first-order chi connectivity index (χ1) is 9.83. The minimum absolute atomic E-state index is 0.0912. The molecule has 0 radical (unpaired) electrons. The summed E-state index contributed by atoms with van der Waals surface area (Å²) < 4.78 is 11.4. The van der Waals surface area contributed by atoms with E-state index in [2.05, 4.69) is 37.1 Å². The van der Waals surface area contributed by atoms with Crippen LogP contribution in [-0.2, 0) is 13.2 Å². The Labute approximate surface area is 126 Å². The molecule has 0 aliphatic heterocycles. The average molecular weight is 288 g/mol. The molecule has 2 aromatic heterocycles. The molecular formula is C17H24N2O2. The largest absolute Gasteiger partial charge is 0.484 e. The monoisotopic (exact) mass is 288 g/mol. The van der Waals surface area contributed by atoms with Crippen molar-refractivity contribution in [3.8, 4) is 5.75 Å². The Bertz CT molecular complexity index is 580. The molecule has 0 atom stereocenters. The summed E-state index contributed by atoms with van der Waals surface area (Å²) in [5.74, 6) is 2.52. The first-order valence-corrected chi connectivity index (χ1v) is 7.22. The van der Waals surface area contributed by atoms with Gasteiger partial charge in [0.1, 0.15) is 23.9 Å². The van der Waals surface area contributed by atoms with Crippen LogP contribution in [0, 0.1) is 13.8 Å². The predicted octanol–water partition coefficient (Wildman–Crippen LogP) is 3.76. The summed E-state index contributed by atoms with van der Waals surface area (Å²) in [5, 5.41) is 3.46. The first kappa shape index (κ1) is 15.6. The molecule has 4 nitrogen and oxygen atoms in total. The van der Waals surface area contributed by atoms with E-state index >= 15 is 0 Å². The molecule has 0 aromatic carbocycles. The number of furan rings is 1. The van der Waals surface area contributed by atoms with Gasteiger partial charge in [0.25, 0.3) is 0 Å². The number of nitrogens with zero attached hydrogens (tertiary/aromatic N) is 1.